The van der Waals surface area contributed by atoms with Crippen molar-refractivity contribution in [3.05, 3.63) is 74.8 Å². The van der Waals surface area contributed by atoms with Crippen LogP contribution in [0.15, 0.2) is 53.5 Å². The van der Waals surface area contributed by atoms with Gasteiger partial charge in [0.15, 0.2) is 5.69 Å². The highest BCUT2D eigenvalue weighted by atomic mass is 35.5. The predicted octanol–water partition coefficient (Wildman–Crippen LogP) is 4.65. The second-order valence-electron chi connectivity index (χ2n) is 8.00. The number of piperazine rings is 1. The molecule has 186 valence electrons. The fraction of sp³-hybridized carbons (Fsp3) is 0.217. The molecular weight excluding hydrogens is 518 g/mol. The van der Waals surface area contributed by atoms with E-state index in [2.05, 4.69) is 30.6 Å². The van der Waals surface area contributed by atoms with Gasteiger partial charge in [0, 0.05) is 43.8 Å². The molecule has 4 aromatic rings. The summed E-state index contributed by atoms with van der Waals surface area (Å²) < 4.78 is 42.5. The van der Waals surface area contributed by atoms with Crippen LogP contribution in [0.1, 0.15) is 5.69 Å². The molecule has 2 aromatic heterocycles. The van der Waals surface area contributed by atoms with Crippen LogP contribution >= 0.6 is 23.2 Å². The van der Waals surface area contributed by atoms with Crippen LogP contribution in [0.3, 0.4) is 0 Å². The normalized spacial score (nSPS) is 14.3. The maximum atomic E-state index is 14.0. The van der Waals surface area contributed by atoms with Crippen LogP contribution in [-0.2, 0) is 6.18 Å². The van der Waals surface area contributed by atoms with Gasteiger partial charge in [0.05, 0.1) is 15.4 Å². The van der Waals surface area contributed by atoms with E-state index in [0.29, 0.717) is 10.4 Å². The van der Waals surface area contributed by atoms with Crippen LogP contribution in [0.25, 0.3) is 16.6 Å². The lowest BCUT2D eigenvalue weighted by Crippen LogP contribution is -2.43. The second kappa shape index (κ2) is 9.57. The van der Waals surface area contributed by atoms with E-state index in [9.17, 15) is 18.0 Å². The van der Waals surface area contributed by atoms with Gasteiger partial charge in [-0.1, -0.05) is 29.3 Å². The van der Waals surface area contributed by atoms with E-state index in [4.69, 9.17) is 23.2 Å². The molecule has 0 unspecified atom stereocenters. The Balaban J connectivity index is 1.54. The molecule has 0 amide bonds. The minimum Gasteiger partial charge on any atom is -0.369 e. The quantitative estimate of drug-likeness (QED) is 0.393. The number of benzene rings is 2. The van der Waals surface area contributed by atoms with E-state index in [0.717, 1.165) is 38.1 Å². The number of nitrogens with zero attached hydrogens (tertiary/aromatic N) is 5. The smallest absolute Gasteiger partial charge is 0.369 e. The molecule has 0 aliphatic carbocycles. The Hall–Kier alpha value is -3.41. The molecule has 36 heavy (non-hydrogen) atoms. The molecule has 1 aliphatic rings. The summed E-state index contributed by atoms with van der Waals surface area (Å²) >= 11 is 12.2. The third kappa shape index (κ3) is 4.69. The van der Waals surface area contributed by atoms with Gasteiger partial charge in [-0.15, -0.1) is 0 Å². The van der Waals surface area contributed by atoms with Gasteiger partial charge in [-0.05, 0) is 36.4 Å². The molecule has 0 spiro atoms. The molecule has 0 atom stereocenters. The fourth-order valence-corrected chi connectivity index (χ4v) is 4.49. The number of anilines is 3. The molecule has 1 aliphatic heterocycles. The molecule has 1 saturated heterocycles. The van der Waals surface area contributed by atoms with Gasteiger partial charge in [-0.25, -0.2) is 9.97 Å². The van der Waals surface area contributed by atoms with Gasteiger partial charge < -0.3 is 15.5 Å². The minimum absolute atomic E-state index is 0.0342. The van der Waals surface area contributed by atoms with Crippen molar-refractivity contribution >= 4 is 51.4 Å². The van der Waals surface area contributed by atoms with E-state index in [1.807, 2.05) is 12.1 Å². The summed E-state index contributed by atoms with van der Waals surface area (Å²) in [4.78, 5) is 23.4. The fourth-order valence-electron chi connectivity index (χ4n) is 3.93. The molecule has 1 fully saturated rings. The van der Waals surface area contributed by atoms with Crippen molar-refractivity contribution in [3.8, 4) is 5.69 Å². The zero-order valence-corrected chi connectivity index (χ0v) is 20.0. The third-order valence-electron chi connectivity index (χ3n) is 5.66. The first-order chi connectivity index (χ1) is 17.2. The Kier molecular flexibility index (Phi) is 6.45. The second-order valence-corrected chi connectivity index (χ2v) is 8.81. The zero-order chi connectivity index (χ0) is 25.4. The van der Waals surface area contributed by atoms with Crippen LogP contribution < -0.4 is 21.1 Å². The van der Waals surface area contributed by atoms with E-state index in [1.54, 1.807) is 12.1 Å². The van der Waals surface area contributed by atoms with Crippen molar-refractivity contribution in [2.24, 2.45) is 0 Å². The molecule has 0 radical (unpaired) electrons. The van der Waals surface area contributed by atoms with Crippen LogP contribution in [0.5, 0.6) is 0 Å². The Labute approximate surface area is 212 Å². The molecule has 13 heteroatoms. The maximum Gasteiger partial charge on any atom is 0.437 e. The average molecular weight is 536 g/mol. The van der Waals surface area contributed by atoms with Gasteiger partial charge in [-0.2, -0.15) is 23.0 Å². The number of alkyl halides is 3. The number of para-hydroxylation sites is 1. The average Bonchev–Trinajstić information content (AvgIpc) is 2.85. The Bertz CT molecular complexity index is 1470. The first kappa shape index (κ1) is 24.3. The molecule has 3 heterocycles. The number of fused-ring (bicyclic) bond motifs is 1. The Morgan fingerprint density at radius 3 is 2.31 bits per heavy atom. The van der Waals surface area contributed by atoms with Crippen LogP contribution in [0, 0.1) is 0 Å². The van der Waals surface area contributed by atoms with Gasteiger partial charge >= 0.3 is 6.18 Å². The first-order valence-electron chi connectivity index (χ1n) is 10.9. The highest BCUT2D eigenvalue weighted by Gasteiger charge is 2.38. The molecule has 0 bridgehead atoms. The maximum absolute atomic E-state index is 14.0. The SMILES string of the molecule is O=c1c2cnc(Nc3ccc(N4CCNCC4)cc3)nc2c(C(F)(F)F)nn1-c1c(Cl)cccc1Cl. The largest absolute Gasteiger partial charge is 0.437 e. The number of hydrogen-bond donors (Lipinski definition) is 2. The summed E-state index contributed by atoms with van der Waals surface area (Å²) in [6.45, 7) is 3.55. The summed E-state index contributed by atoms with van der Waals surface area (Å²) in [5.74, 6) is -0.113. The van der Waals surface area contributed by atoms with Crippen LogP contribution in [-0.4, -0.2) is 45.9 Å². The van der Waals surface area contributed by atoms with Crippen molar-refractivity contribution in [2.75, 3.05) is 36.4 Å². The summed E-state index contributed by atoms with van der Waals surface area (Å²) in [5.41, 5.74) is -1.45. The first-order valence-corrected chi connectivity index (χ1v) is 11.6. The van der Waals surface area contributed by atoms with E-state index in [-0.39, 0.29) is 27.1 Å². The molecular formula is C23H18Cl2F3N7O. The van der Waals surface area contributed by atoms with E-state index in [1.165, 1.54) is 18.2 Å². The predicted molar refractivity (Wildman–Crippen MR) is 133 cm³/mol. The van der Waals surface area contributed by atoms with Crippen molar-refractivity contribution in [1.82, 2.24) is 25.1 Å². The van der Waals surface area contributed by atoms with E-state index >= 15 is 0 Å². The molecule has 2 aromatic carbocycles. The summed E-state index contributed by atoms with van der Waals surface area (Å²) in [5, 5.41) is 9.28. The monoisotopic (exact) mass is 535 g/mol. The number of rotatable bonds is 4. The highest BCUT2D eigenvalue weighted by Crippen LogP contribution is 2.33. The van der Waals surface area contributed by atoms with Crippen molar-refractivity contribution in [2.45, 2.75) is 6.18 Å². The molecule has 2 N–H and O–H groups in total. The molecule has 5 rings (SSSR count). The van der Waals surface area contributed by atoms with Gasteiger partial charge in [0.1, 0.15) is 11.2 Å². The van der Waals surface area contributed by atoms with Gasteiger partial charge in [0.2, 0.25) is 5.95 Å². The van der Waals surface area contributed by atoms with Crippen molar-refractivity contribution in [1.29, 1.82) is 0 Å². The zero-order valence-electron chi connectivity index (χ0n) is 18.5. The summed E-state index contributed by atoms with van der Waals surface area (Å²) in [6.07, 6.45) is -3.89. The molecule has 8 nitrogen and oxygen atoms in total. The highest BCUT2D eigenvalue weighted by molar-refractivity contribution is 6.37. The standard InChI is InChI=1S/C23H18Cl2F3N7O/c24-16-2-1-3-17(25)19(16)35-21(36)15-12-30-22(32-18(15)20(33-35)23(26,27)28)31-13-4-6-14(7-5-13)34-10-8-29-9-11-34/h1-7,12,29H,8-11H2,(H,30,31,32). The molecule has 0 saturated carbocycles. The number of aromatic nitrogens is 4. The lowest BCUT2D eigenvalue weighted by molar-refractivity contribution is -0.140. The van der Waals surface area contributed by atoms with Gasteiger partial charge in [-0.3, -0.25) is 4.79 Å². The number of halogens is 5. The Morgan fingerprint density at radius 2 is 1.67 bits per heavy atom. The van der Waals surface area contributed by atoms with Crippen LogP contribution in [0.4, 0.5) is 30.5 Å². The van der Waals surface area contributed by atoms with Crippen molar-refractivity contribution < 1.29 is 13.2 Å². The van der Waals surface area contributed by atoms with E-state index < -0.39 is 22.9 Å². The number of nitrogens with one attached hydrogen (secondary N) is 2. The van der Waals surface area contributed by atoms with Crippen molar-refractivity contribution in [3.63, 3.8) is 0 Å². The summed E-state index contributed by atoms with van der Waals surface area (Å²) in [7, 11) is 0. The Morgan fingerprint density at radius 1 is 1.00 bits per heavy atom. The van der Waals surface area contributed by atoms with Gasteiger partial charge in [0.25, 0.3) is 5.56 Å². The lowest BCUT2D eigenvalue weighted by Gasteiger charge is -2.29. The number of hydrogen-bond acceptors (Lipinski definition) is 7. The minimum atomic E-state index is -4.92. The topological polar surface area (TPSA) is 88.0 Å². The van der Waals surface area contributed by atoms with Crippen LogP contribution in [0.2, 0.25) is 10.0 Å². The third-order valence-corrected chi connectivity index (χ3v) is 6.27. The summed E-state index contributed by atoms with van der Waals surface area (Å²) in [6, 6.07) is 11.7. The lowest BCUT2D eigenvalue weighted by atomic mass is 10.2.